The third-order valence-electron chi connectivity index (χ3n) is 3.36. The maximum absolute atomic E-state index is 12.1. The summed E-state index contributed by atoms with van der Waals surface area (Å²) in [6.07, 6.45) is 0. The Morgan fingerprint density at radius 1 is 1.00 bits per heavy atom. The van der Waals surface area contributed by atoms with Crippen molar-refractivity contribution in [2.75, 3.05) is 23.3 Å². The standard InChI is InChI=1S/C17H19ClN2O/c1-3-20(4-2)16-11-9-15(10-12-16)19-17(21)13-5-7-14(18)8-6-13/h5-12H,3-4H2,1-2H3,(H,19,21). The van der Waals surface area contributed by atoms with E-state index in [1.54, 1.807) is 24.3 Å². The summed E-state index contributed by atoms with van der Waals surface area (Å²) in [5, 5.41) is 3.50. The molecule has 0 saturated heterocycles. The van der Waals surface area contributed by atoms with Gasteiger partial charge in [-0.2, -0.15) is 0 Å². The van der Waals surface area contributed by atoms with Gasteiger partial charge < -0.3 is 10.2 Å². The predicted octanol–water partition coefficient (Wildman–Crippen LogP) is 4.44. The molecule has 1 N–H and O–H groups in total. The lowest BCUT2D eigenvalue weighted by atomic mass is 10.2. The van der Waals surface area contributed by atoms with Gasteiger partial charge in [0.1, 0.15) is 0 Å². The van der Waals surface area contributed by atoms with Crippen molar-refractivity contribution in [1.29, 1.82) is 0 Å². The van der Waals surface area contributed by atoms with Crippen molar-refractivity contribution in [2.24, 2.45) is 0 Å². The number of hydrogen-bond donors (Lipinski definition) is 1. The zero-order valence-electron chi connectivity index (χ0n) is 12.3. The molecule has 0 heterocycles. The molecule has 0 unspecified atom stereocenters. The van der Waals surface area contributed by atoms with Gasteiger partial charge in [0.05, 0.1) is 0 Å². The van der Waals surface area contributed by atoms with Crippen LogP contribution in [-0.4, -0.2) is 19.0 Å². The normalized spacial score (nSPS) is 10.2. The quantitative estimate of drug-likeness (QED) is 0.885. The molecule has 3 nitrogen and oxygen atoms in total. The molecule has 2 aromatic rings. The maximum atomic E-state index is 12.1. The number of nitrogens with one attached hydrogen (secondary N) is 1. The van der Waals surface area contributed by atoms with Crippen LogP contribution >= 0.6 is 11.6 Å². The van der Waals surface area contributed by atoms with Crippen molar-refractivity contribution in [3.63, 3.8) is 0 Å². The smallest absolute Gasteiger partial charge is 0.255 e. The summed E-state index contributed by atoms with van der Waals surface area (Å²) < 4.78 is 0. The molecule has 110 valence electrons. The molecule has 0 bridgehead atoms. The fourth-order valence-corrected chi connectivity index (χ4v) is 2.27. The van der Waals surface area contributed by atoms with E-state index in [-0.39, 0.29) is 5.91 Å². The van der Waals surface area contributed by atoms with Crippen LogP contribution in [0.2, 0.25) is 5.02 Å². The Morgan fingerprint density at radius 2 is 1.57 bits per heavy atom. The van der Waals surface area contributed by atoms with Gasteiger partial charge in [0.15, 0.2) is 0 Å². The van der Waals surface area contributed by atoms with E-state index in [0.29, 0.717) is 10.6 Å². The van der Waals surface area contributed by atoms with Gasteiger partial charge in [0.25, 0.3) is 5.91 Å². The van der Waals surface area contributed by atoms with Crippen molar-refractivity contribution in [2.45, 2.75) is 13.8 Å². The van der Waals surface area contributed by atoms with Gasteiger partial charge in [-0.1, -0.05) is 11.6 Å². The summed E-state index contributed by atoms with van der Waals surface area (Å²) in [6.45, 7) is 6.18. The number of anilines is 2. The fraction of sp³-hybridized carbons (Fsp3) is 0.235. The van der Waals surface area contributed by atoms with E-state index in [0.717, 1.165) is 24.5 Å². The number of amides is 1. The minimum atomic E-state index is -0.137. The summed E-state index contributed by atoms with van der Waals surface area (Å²) in [6, 6.07) is 14.7. The van der Waals surface area contributed by atoms with Crippen LogP contribution in [0.1, 0.15) is 24.2 Å². The first kappa shape index (κ1) is 15.4. The molecule has 0 aliphatic carbocycles. The number of carbonyl (C=O) groups excluding carboxylic acids is 1. The molecular weight excluding hydrogens is 284 g/mol. The van der Waals surface area contributed by atoms with Crippen molar-refractivity contribution >= 4 is 28.9 Å². The Kier molecular flexibility index (Phi) is 5.23. The SMILES string of the molecule is CCN(CC)c1ccc(NC(=O)c2ccc(Cl)cc2)cc1. The van der Waals surface area contributed by atoms with Gasteiger partial charge in [0.2, 0.25) is 0 Å². The zero-order chi connectivity index (χ0) is 15.2. The van der Waals surface area contributed by atoms with E-state index in [1.807, 2.05) is 24.3 Å². The highest BCUT2D eigenvalue weighted by Gasteiger charge is 2.06. The molecule has 4 heteroatoms. The summed E-state index contributed by atoms with van der Waals surface area (Å²) in [7, 11) is 0. The summed E-state index contributed by atoms with van der Waals surface area (Å²) in [4.78, 5) is 14.3. The second-order valence-corrected chi connectivity index (χ2v) is 5.12. The second-order valence-electron chi connectivity index (χ2n) is 4.68. The zero-order valence-corrected chi connectivity index (χ0v) is 13.0. The maximum Gasteiger partial charge on any atom is 0.255 e. The van der Waals surface area contributed by atoms with Crippen molar-refractivity contribution < 1.29 is 4.79 Å². The van der Waals surface area contributed by atoms with Crippen molar-refractivity contribution in [3.8, 4) is 0 Å². The average molecular weight is 303 g/mol. The number of benzene rings is 2. The Morgan fingerprint density at radius 3 is 2.10 bits per heavy atom. The molecule has 0 aromatic heterocycles. The third kappa shape index (κ3) is 3.99. The van der Waals surface area contributed by atoms with Gasteiger partial charge in [-0.15, -0.1) is 0 Å². The summed E-state index contributed by atoms with van der Waals surface area (Å²) >= 11 is 5.81. The van der Waals surface area contributed by atoms with Gasteiger partial charge in [-0.3, -0.25) is 4.79 Å². The second kappa shape index (κ2) is 7.14. The molecular formula is C17H19ClN2O. The van der Waals surface area contributed by atoms with Gasteiger partial charge >= 0.3 is 0 Å². The molecule has 0 fully saturated rings. The first-order valence-electron chi connectivity index (χ1n) is 7.06. The number of hydrogen-bond acceptors (Lipinski definition) is 2. The predicted molar refractivity (Wildman–Crippen MR) is 89.4 cm³/mol. The van der Waals surface area contributed by atoms with E-state index in [2.05, 4.69) is 24.1 Å². The lowest BCUT2D eigenvalue weighted by molar-refractivity contribution is 0.102. The van der Waals surface area contributed by atoms with Gasteiger partial charge in [-0.25, -0.2) is 0 Å². The lowest BCUT2D eigenvalue weighted by Crippen LogP contribution is -2.21. The van der Waals surface area contributed by atoms with Gasteiger partial charge in [0, 0.05) is 35.1 Å². The Balaban J connectivity index is 2.06. The number of halogens is 1. The molecule has 0 spiro atoms. The molecule has 0 aliphatic heterocycles. The minimum Gasteiger partial charge on any atom is -0.372 e. The molecule has 2 aromatic carbocycles. The Labute approximate surface area is 130 Å². The van der Waals surface area contributed by atoms with Crippen LogP contribution in [-0.2, 0) is 0 Å². The van der Waals surface area contributed by atoms with Crippen LogP contribution in [0.25, 0.3) is 0 Å². The third-order valence-corrected chi connectivity index (χ3v) is 3.61. The largest absolute Gasteiger partial charge is 0.372 e. The van der Waals surface area contributed by atoms with Crippen LogP contribution in [0.5, 0.6) is 0 Å². The van der Waals surface area contributed by atoms with Crippen LogP contribution in [0.3, 0.4) is 0 Å². The van der Waals surface area contributed by atoms with E-state index in [9.17, 15) is 4.79 Å². The topological polar surface area (TPSA) is 32.3 Å². The monoisotopic (exact) mass is 302 g/mol. The molecule has 1 amide bonds. The highest BCUT2D eigenvalue weighted by molar-refractivity contribution is 6.30. The Bertz CT molecular complexity index is 589. The van der Waals surface area contributed by atoms with Crippen LogP contribution in [0, 0.1) is 0 Å². The van der Waals surface area contributed by atoms with E-state index >= 15 is 0 Å². The van der Waals surface area contributed by atoms with Crippen LogP contribution in [0.4, 0.5) is 11.4 Å². The molecule has 0 atom stereocenters. The highest BCUT2D eigenvalue weighted by atomic mass is 35.5. The molecule has 21 heavy (non-hydrogen) atoms. The number of carbonyl (C=O) groups is 1. The Hall–Kier alpha value is -2.00. The van der Waals surface area contributed by atoms with E-state index < -0.39 is 0 Å². The fourth-order valence-electron chi connectivity index (χ4n) is 2.15. The minimum absolute atomic E-state index is 0.137. The molecule has 0 radical (unpaired) electrons. The average Bonchev–Trinajstić information content (AvgIpc) is 2.51. The van der Waals surface area contributed by atoms with Gasteiger partial charge in [-0.05, 0) is 62.4 Å². The van der Waals surface area contributed by atoms with Crippen molar-refractivity contribution in [1.82, 2.24) is 0 Å². The lowest BCUT2D eigenvalue weighted by Gasteiger charge is -2.21. The molecule has 0 saturated carbocycles. The first-order valence-corrected chi connectivity index (χ1v) is 7.43. The first-order chi connectivity index (χ1) is 10.1. The van der Waals surface area contributed by atoms with Crippen molar-refractivity contribution in [3.05, 3.63) is 59.1 Å². The van der Waals surface area contributed by atoms with E-state index in [1.165, 1.54) is 0 Å². The van der Waals surface area contributed by atoms with E-state index in [4.69, 9.17) is 11.6 Å². The van der Waals surface area contributed by atoms with Crippen LogP contribution in [0.15, 0.2) is 48.5 Å². The number of nitrogens with zero attached hydrogens (tertiary/aromatic N) is 1. The highest BCUT2D eigenvalue weighted by Crippen LogP contribution is 2.18. The van der Waals surface area contributed by atoms with Crippen LogP contribution < -0.4 is 10.2 Å². The molecule has 2 rings (SSSR count). The summed E-state index contributed by atoms with van der Waals surface area (Å²) in [5.74, 6) is -0.137. The summed E-state index contributed by atoms with van der Waals surface area (Å²) in [5.41, 5.74) is 2.53. The molecule has 0 aliphatic rings. The number of rotatable bonds is 5.